The lowest BCUT2D eigenvalue weighted by Crippen LogP contribution is -2.41. The number of fused-ring (bicyclic) bond motifs is 1. The predicted molar refractivity (Wildman–Crippen MR) is 111 cm³/mol. The predicted octanol–water partition coefficient (Wildman–Crippen LogP) is 4.18. The first kappa shape index (κ1) is 20.6. The van der Waals surface area contributed by atoms with Crippen molar-refractivity contribution in [1.82, 2.24) is 14.3 Å². The number of carbonyl (C=O) groups excluding carboxylic acids is 1. The van der Waals surface area contributed by atoms with Gasteiger partial charge in [-0.25, -0.2) is 9.37 Å². The normalized spacial score (nSPS) is 14.0. The van der Waals surface area contributed by atoms with E-state index in [9.17, 15) is 9.18 Å². The molecule has 1 aromatic carbocycles. The summed E-state index contributed by atoms with van der Waals surface area (Å²) in [6.45, 7) is 4.16. The number of amides is 1. The maximum Gasteiger partial charge on any atom is 0.272 e. The zero-order chi connectivity index (χ0) is 19.0. The van der Waals surface area contributed by atoms with Gasteiger partial charge in [0.15, 0.2) is 5.82 Å². The van der Waals surface area contributed by atoms with Crippen molar-refractivity contribution in [2.24, 2.45) is 0 Å². The Kier molecular flexibility index (Phi) is 6.22. The Bertz CT molecular complexity index is 1020. The van der Waals surface area contributed by atoms with E-state index < -0.39 is 0 Å². The Morgan fingerprint density at radius 2 is 2.00 bits per heavy atom. The van der Waals surface area contributed by atoms with Crippen LogP contribution in [0.4, 0.5) is 15.9 Å². The first-order valence-electron chi connectivity index (χ1n) is 8.61. The van der Waals surface area contributed by atoms with Gasteiger partial charge in [0.2, 0.25) is 0 Å². The van der Waals surface area contributed by atoms with Gasteiger partial charge in [-0.05, 0) is 53.2 Å². The Balaban J connectivity index is 0.00000225. The highest BCUT2D eigenvalue weighted by Gasteiger charge is 2.22. The third-order valence-corrected chi connectivity index (χ3v) is 5.22. The van der Waals surface area contributed by atoms with E-state index in [0.29, 0.717) is 48.0 Å². The van der Waals surface area contributed by atoms with Crippen molar-refractivity contribution < 1.29 is 13.9 Å². The van der Waals surface area contributed by atoms with Crippen LogP contribution in [0.2, 0.25) is 0 Å². The summed E-state index contributed by atoms with van der Waals surface area (Å²) in [4.78, 5) is 19.2. The lowest BCUT2D eigenvalue weighted by molar-refractivity contribution is 0.0297. The Labute approximate surface area is 176 Å². The number of aromatic nitrogens is 2. The number of anilines is 2. The molecule has 0 saturated carbocycles. The minimum absolute atomic E-state index is 0. The van der Waals surface area contributed by atoms with Crippen molar-refractivity contribution in [1.29, 1.82) is 0 Å². The number of hydrogen-bond donors (Lipinski definition) is 1. The van der Waals surface area contributed by atoms with E-state index in [1.54, 1.807) is 23.2 Å². The van der Waals surface area contributed by atoms with Crippen molar-refractivity contribution in [3.63, 3.8) is 0 Å². The highest BCUT2D eigenvalue weighted by atomic mass is 79.9. The quantitative estimate of drug-likeness (QED) is 0.625. The molecule has 148 valence electrons. The zero-order valence-electron chi connectivity index (χ0n) is 15.1. The number of morpholine rings is 1. The fraction of sp³-hybridized carbons (Fsp3) is 0.263. The van der Waals surface area contributed by atoms with Gasteiger partial charge in [-0.2, -0.15) is 0 Å². The van der Waals surface area contributed by atoms with Gasteiger partial charge in [-0.1, -0.05) is 0 Å². The molecule has 9 heteroatoms. The molecule has 1 fully saturated rings. The standard InChI is InChI=1S/C19H18BrFN4O2.ClH/c1-12-2-5-16-18(23-13-3-4-14(20)15(21)10-13)22-11-17(25(12)16)19(26)24-6-8-27-9-7-24;/h2-5,10-11H,6-9H2,1H3,(H,22,23);1H. The summed E-state index contributed by atoms with van der Waals surface area (Å²) < 4.78 is 21.4. The van der Waals surface area contributed by atoms with Gasteiger partial charge in [-0.15, -0.1) is 12.4 Å². The number of nitrogens with zero attached hydrogens (tertiary/aromatic N) is 3. The van der Waals surface area contributed by atoms with Gasteiger partial charge in [0.25, 0.3) is 5.91 Å². The van der Waals surface area contributed by atoms with E-state index in [-0.39, 0.29) is 24.1 Å². The van der Waals surface area contributed by atoms with Crippen LogP contribution in [0.5, 0.6) is 0 Å². The average Bonchev–Trinajstić information content (AvgIpc) is 3.08. The van der Waals surface area contributed by atoms with Crippen molar-refractivity contribution in [3.8, 4) is 0 Å². The second-order valence-electron chi connectivity index (χ2n) is 6.35. The van der Waals surface area contributed by atoms with Crippen LogP contribution in [0.3, 0.4) is 0 Å². The van der Waals surface area contributed by atoms with Gasteiger partial charge in [0.05, 0.1) is 29.4 Å². The molecular formula is C19H19BrClFN4O2. The topological polar surface area (TPSA) is 58.9 Å². The zero-order valence-corrected chi connectivity index (χ0v) is 17.5. The number of aryl methyl sites for hydroxylation is 1. The Morgan fingerprint density at radius 1 is 1.25 bits per heavy atom. The number of rotatable bonds is 3. The molecule has 0 spiro atoms. The molecule has 3 aromatic rings. The average molecular weight is 470 g/mol. The first-order valence-corrected chi connectivity index (χ1v) is 9.40. The third-order valence-electron chi connectivity index (χ3n) is 4.58. The van der Waals surface area contributed by atoms with Crippen LogP contribution in [0.25, 0.3) is 5.52 Å². The number of hydrogen-bond acceptors (Lipinski definition) is 4. The SMILES string of the molecule is Cc1ccc2c(Nc3ccc(Br)c(F)c3)ncc(C(=O)N3CCOCC3)n12.Cl. The summed E-state index contributed by atoms with van der Waals surface area (Å²) in [6, 6.07) is 8.61. The fourth-order valence-electron chi connectivity index (χ4n) is 3.18. The molecule has 0 radical (unpaired) electrons. The monoisotopic (exact) mass is 468 g/mol. The molecule has 1 aliphatic rings. The molecule has 6 nitrogen and oxygen atoms in total. The third kappa shape index (κ3) is 3.85. The highest BCUT2D eigenvalue weighted by Crippen LogP contribution is 2.26. The summed E-state index contributed by atoms with van der Waals surface area (Å²) in [7, 11) is 0. The molecule has 28 heavy (non-hydrogen) atoms. The maximum atomic E-state index is 13.8. The van der Waals surface area contributed by atoms with E-state index >= 15 is 0 Å². The van der Waals surface area contributed by atoms with Crippen LogP contribution in [0, 0.1) is 12.7 Å². The molecular weight excluding hydrogens is 451 g/mol. The van der Waals surface area contributed by atoms with Gasteiger partial charge in [0.1, 0.15) is 11.5 Å². The fourth-order valence-corrected chi connectivity index (χ4v) is 3.43. The summed E-state index contributed by atoms with van der Waals surface area (Å²) in [5.41, 5.74) is 2.77. The molecule has 1 saturated heterocycles. The molecule has 0 atom stereocenters. The van der Waals surface area contributed by atoms with E-state index in [1.165, 1.54) is 6.07 Å². The highest BCUT2D eigenvalue weighted by molar-refractivity contribution is 9.10. The maximum absolute atomic E-state index is 13.8. The number of nitrogens with one attached hydrogen (secondary N) is 1. The molecule has 3 heterocycles. The molecule has 1 amide bonds. The number of carbonyl (C=O) groups is 1. The summed E-state index contributed by atoms with van der Waals surface area (Å²) in [6.07, 6.45) is 1.56. The van der Waals surface area contributed by atoms with E-state index in [2.05, 4.69) is 26.2 Å². The molecule has 2 aromatic heterocycles. The molecule has 0 bridgehead atoms. The molecule has 4 rings (SSSR count). The van der Waals surface area contributed by atoms with E-state index in [0.717, 1.165) is 11.2 Å². The Hall–Kier alpha value is -2.16. The van der Waals surface area contributed by atoms with Crippen LogP contribution in [0.1, 0.15) is 16.2 Å². The van der Waals surface area contributed by atoms with Crippen molar-refractivity contribution in [2.75, 3.05) is 31.6 Å². The molecule has 0 unspecified atom stereocenters. The van der Waals surface area contributed by atoms with Crippen LogP contribution in [-0.4, -0.2) is 46.5 Å². The lowest BCUT2D eigenvalue weighted by atomic mass is 10.3. The van der Waals surface area contributed by atoms with Crippen molar-refractivity contribution in [2.45, 2.75) is 6.92 Å². The van der Waals surface area contributed by atoms with E-state index in [4.69, 9.17) is 4.74 Å². The van der Waals surface area contributed by atoms with Gasteiger partial charge < -0.3 is 19.4 Å². The van der Waals surface area contributed by atoms with Gasteiger partial charge in [-0.3, -0.25) is 4.79 Å². The van der Waals surface area contributed by atoms with Gasteiger partial charge in [0, 0.05) is 24.5 Å². The van der Waals surface area contributed by atoms with Crippen molar-refractivity contribution in [3.05, 3.63) is 58.2 Å². The largest absolute Gasteiger partial charge is 0.378 e. The minimum atomic E-state index is -0.360. The molecule has 1 aliphatic heterocycles. The van der Waals surface area contributed by atoms with Crippen LogP contribution >= 0.6 is 28.3 Å². The van der Waals surface area contributed by atoms with Crippen molar-refractivity contribution >= 4 is 51.3 Å². The molecule has 1 N–H and O–H groups in total. The summed E-state index contributed by atoms with van der Waals surface area (Å²) in [5, 5.41) is 3.14. The second-order valence-corrected chi connectivity index (χ2v) is 7.20. The second kappa shape index (κ2) is 8.46. The van der Waals surface area contributed by atoms with Gasteiger partial charge >= 0.3 is 0 Å². The summed E-state index contributed by atoms with van der Waals surface area (Å²) in [5.74, 6) is 0.126. The van der Waals surface area contributed by atoms with Crippen LogP contribution in [0.15, 0.2) is 41.0 Å². The lowest BCUT2D eigenvalue weighted by Gasteiger charge is -2.27. The summed E-state index contributed by atoms with van der Waals surface area (Å²) >= 11 is 3.15. The number of ether oxygens (including phenoxy) is 1. The van der Waals surface area contributed by atoms with Crippen LogP contribution in [-0.2, 0) is 4.74 Å². The Morgan fingerprint density at radius 3 is 2.71 bits per heavy atom. The number of benzene rings is 1. The van der Waals surface area contributed by atoms with E-state index in [1.807, 2.05) is 23.5 Å². The smallest absolute Gasteiger partial charge is 0.272 e. The minimum Gasteiger partial charge on any atom is -0.378 e. The first-order chi connectivity index (χ1) is 13.0. The number of halogens is 3. The molecule has 0 aliphatic carbocycles. The van der Waals surface area contributed by atoms with Crippen LogP contribution < -0.4 is 5.32 Å².